The molecule has 0 bridgehead atoms. The molecule has 31 heavy (non-hydrogen) atoms. The lowest BCUT2D eigenvalue weighted by Crippen LogP contribution is -2.19. The van der Waals surface area contributed by atoms with Crippen molar-refractivity contribution in [2.45, 2.75) is 40.4 Å². The lowest BCUT2D eigenvalue weighted by Gasteiger charge is -2.13. The molecule has 1 aromatic heterocycles. The Labute approximate surface area is 197 Å². The Morgan fingerprint density at radius 1 is 1.06 bits per heavy atom. The highest BCUT2D eigenvalue weighted by molar-refractivity contribution is 9.10. The van der Waals surface area contributed by atoms with Gasteiger partial charge in [-0.05, 0) is 78.9 Å². The molecule has 162 valence electrons. The molecule has 4 nitrogen and oxygen atoms in total. The summed E-state index contributed by atoms with van der Waals surface area (Å²) < 4.78 is 3.21. The van der Waals surface area contributed by atoms with Gasteiger partial charge >= 0.3 is 0 Å². The second-order valence-electron chi connectivity index (χ2n) is 7.74. The molecule has 0 fully saturated rings. The Hall–Kier alpha value is -2.31. The van der Waals surface area contributed by atoms with E-state index in [1.54, 1.807) is 18.0 Å². The van der Waals surface area contributed by atoms with Gasteiger partial charge in [-0.25, -0.2) is 5.43 Å². The Morgan fingerprint density at radius 2 is 1.81 bits per heavy atom. The molecular formula is C25H28BrN3OS. The lowest BCUT2D eigenvalue weighted by molar-refractivity contribution is -0.118. The van der Waals surface area contributed by atoms with Crippen molar-refractivity contribution < 1.29 is 4.79 Å². The zero-order valence-electron chi connectivity index (χ0n) is 18.6. The number of hydrogen-bond donors (Lipinski definition) is 1. The van der Waals surface area contributed by atoms with Crippen molar-refractivity contribution in [3.8, 4) is 5.69 Å². The van der Waals surface area contributed by atoms with E-state index in [1.165, 1.54) is 22.3 Å². The zero-order chi connectivity index (χ0) is 22.5. The molecule has 3 aromatic rings. The van der Waals surface area contributed by atoms with E-state index in [4.69, 9.17) is 0 Å². The van der Waals surface area contributed by atoms with Crippen LogP contribution in [-0.2, 0) is 10.5 Å². The quantitative estimate of drug-likeness (QED) is 0.313. The van der Waals surface area contributed by atoms with Crippen LogP contribution in [0.5, 0.6) is 0 Å². The number of hydrogen-bond acceptors (Lipinski definition) is 3. The lowest BCUT2D eigenvalue weighted by atomic mass is 10.1. The van der Waals surface area contributed by atoms with Crippen molar-refractivity contribution in [3.63, 3.8) is 0 Å². The van der Waals surface area contributed by atoms with Gasteiger partial charge in [0.15, 0.2) is 0 Å². The maximum absolute atomic E-state index is 12.2. The Balaban J connectivity index is 1.66. The minimum absolute atomic E-state index is 0.103. The van der Waals surface area contributed by atoms with Gasteiger partial charge in [0.2, 0.25) is 5.91 Å². The van der Waals surface area contributed by atoms with Crippen LogP contribution in [0, 0.1) is 34.6 Å². The largest absolute Gasteiger partial charge is 0.316 e. The SMILES string of the molecule is Cc1ccc(C)c(-n2c(C)c(Br)c(/C=N\NC(=O)CSCc3ccccc3C)c2C)c1. The number of thioether (sulfide) groups is 1. The smallest absolute Gasteiger partial charge is 0.250 e. The van der Waals surface area contributed by atoms with E-state index < -0.39 is 0 Å². The second kappa shape index (κ2) is 10.3. The normalized spacial score (nSPS) is 11.3. The number of halogens is 1. The van der Waals surface area contributed by atoms with Crippen molar-refractivity contribution in [2.75, 3.05) is 5.75 Å². The highest BCUT2D eigenvalue weighted by atomic mass is 79.9. The molecule has 0 aliphatic carbocycles. The number of aryl methyl sites for hydroxylation is 3. The summed E-state index contributed by atoms with van der Waals surface area (Å²) in [5.41, 5.74) is 11.9. The summed E-state index contributed by atoms with van der Waals surface area (Å²) in [6.45, 7) is 10.5. The van der Waals surface area contributed by atoms with Crippen LogP contribution in [0.1, 0.15) is 39.2 Å². The highest BCUT2D eigenvalue weighted by Crippen LogP contribution is 2.31. The van der Waals surface area contributed by atoms with Gasteiger partial charge in [-0.3, -0.25) is 4.79 Å². The fourth-order valence-corrected chi connectivity index (χ4v) is 4.98. The van der Waals surface area contributed by atoms with E-state index >= 15 is 0 Å². The number of nitrogens with zero attached hydrogens (tertiary/aromatic N) is 2. The fraction of sp³-hybridized carbons (Fsp3) is 0.280. The van der Waals surface area contributed by atoms with Gasteiger partial charge < -0.3 is 4.57 Å². The highest BCUT2D eigenvalue weighted by Gasteiger charge is 2.17. The van der Waals surface area contributed by atoms with Crippen LogP contribution >= 0.6 is 27.7 Å². The predicted molar refractivity (Wildman–Crippen MR) is 135 cm³/mol. The van der Waals surface area contributed by atoms with Gasteiger partial charge in [0, 0.05) is 32.9 Å². The maximum atomic E-state index is 12.2. The Bertz CT molecular complexity index is 1130. The van der Waals surface area contributed by atoms with Gasteiger partial charge in [0.05, 0.1) is 12.0 Å². The van der Waals surface area contributed by atoms with E-state index in [-0.39, 0.29) is 5.91 Å². The number of carbonyl (C=O) groups is 1. The molecule has 0 unspecified atom stereocenters. The van der Waals surface area contributed by atoms with Crippen LogP contribution in [0.4, 0.5) is 0 Å². The van der Waals surface area contributed by atoms with E-state index in [9.17, 15) is 4.79 Å². The number of nitrogens with one attached hydrogen (secondary N) is 1. The standard InChI is InChI=1S/C25H28BrN3OS/c1-16-10-11-18(3)23(12-16)29-19(4)22(25(26)20(29)5)13-27-28-24(30)15-31-14-21-9-7-6-8-17(21)2/h6-13H,14-15H2,1-5H3,(H,28,30)/b27-13-. The monoisotopic (exact) mass is 497 g/mol. The molecule has 0 atom stereocenters. The number of carbonyl (C=O) groups excluding carboxylic acids is 1. The third kappa shape index (κ3) is 5.49. The number of hydrazone groups is 1. The summed E-state index contributed by atoms with van der Waals surface area (Å²) in [5, 5.41) is 4.21. The Kier molecular flexibility index (Phi) is 7.79. The molecule has 0 saturated heterocycles. The fourth-order valence-electron chi connectivity index (χ4n) is 3.52. The summed E-state index contributed by atoms with van der Waals surface area (Å²) in [4.78, 5) is 12.2. The summed E-state index contributed by atoms with van der Waals surface area (Å²) in [6, 6.07) is 14.7. The predicted octanol–water partition coefficient (Wildman–Crippen LogP) is 6.17. The first-order chi connectivity index (χ1) is 14.8. The molecule has 0 aliphatic heterocycles. The molecular weight excluding hydrogens is 470 g/mol. The first-order valence-electron chi connectivity index (χ1n) is 10.2. The van der Waals surface area contributed by atoms with Gasteiger partial charge in [-0.1, -0.05) is 36.4 Å². The molecule has 1 heterocycles. The Morgan fingerprint density at radius 3 is 2.55 bits per heavy atom. The van der Waals surface area contributed by atoms with Gasteiger partial charge in [-0.2, -0.15) is 5.10 Å². The number of amides is 1. The van der Waals surface area contributed by atoms with E-state index in [2.05, 4.69) is 96.0 Å². The van der Waals surface area contributed by atoms with E-state index in [0.717, 1.165) is 32.9 Å². The minimum atomic E-state index is -0.103. The van der Waals surface area contributed by atoms with Crippen molar-refractivity contribution in [1.82, 2.24) is 9.99 Å². The second-order valence-corrected chi connectivity index (χ2v) is 9.51. The number of aromatic nitrogens is 1. The molecule has 0 aliphatic rings. The molecule has 0 radical (unpaired) electrons. The van der Waals surface area contributed by atoms with Crippen LogP contribution < -0.4 is 5.43 Å². The van der Waals surface area contributed by atoms with E-state index in [1.807, 2.05) is 12.1 Å². The van der Waals surface area contributed by atoms with Crippen LogP contribution in [0.25, 0.3) is 5.69 Å². The summed E-state index contributed by atoms with van der Waals surface area (Å²) in [5.74, 6) is 1.08. The number of benzene rings is 2. The average Bonchev–Trinajstić information content (AvgIpc) is 2.94. The van der Waals surface area contributed by atoms with E-state index in [0.29, 0.717) is 5.75 Å². The summed E-state index contributed by atoms with van der Waals surface area (Å²) >= 11 is 5.29. The van der Waals surface area contributed by atoms with Gasteiger partial charge in [0.1, 0.15) is 0 Å². The van der Waals surface area contributed by atoms with Crippen LogP contribution in [-0.4, -0.2) is 22.4 Å². The molecule has 2 aromatic carbocycles. The first-order valence-corrected chi connectivity index (χ1v) is 12.1. The van der Waals surface area contributed by atoms with Crippen molar-refractivity contribution in [3.05, 3.63) is 86.1 Å². The average molecular weight is 498 g/mol. The topological polar surface area (TPSA) is 46.4 Å². The van der Waals surface area contributed by atoms with Gasteiger partial charge in [-0.15, -0.1) is 11.8 Å². The zero-order valence-corrected chi connectivity index (χ0v) is 21.0. The van der Waals surface area contributed by atoms with Crippen LogP contribution in [0.2, 0.25) is 0 Å². The van der Waals surface area contributed by atoms with Crippen LogP contribution in [0.15, 0.2) is 52.0 Å². The maximum Gasteiger partial charge on any atom is 0.250 e. The van der Waals surface area contributed by atoms with Crippen LogP contribution in [0.3, 0.4) is 0 Å². The molecule has 1 N–H and O–H groups in total. The summed E-state index contributed by atoms with van der Waals surface area (Å²) in [6.07, 6.45) is 1.72. The molecule has 1 amide bonds. The third-order valence-corrected chi connectivity index (χ3v) is 7.34. The molecule has 0 saturated carbocycles. The molecule has 6 heteroatoms. The van der Waals surface area contributed by atoms with Crippen molar-refractivity contribution >= 4 is 39.8 Å². The molecule has 3 rings (SSSR count). The first kappa shape index (κ1) is 23.4. The summed E-state index contributed by atoms with van der Waals surface area (Å²) in [7, 11) is 0. The van der Waals surface area contributed by atoms with Crippen molar-refractivity contribution in [2.24, 2.45) is 5.10 Å². The third-order valence-electron chi connectivity index (χ3n) is 5.36. The van der Waals surface area contributed by atoms with Gasteiger partial charge in [0.25, 0.3) is 0 Å². The molecule has 0 spiro atoms. The number of rotatable bonds is 7. The minimum Gasteiger partial charge on any atom is -0.316 e. The van der Waals surface area contributed by atoms with Crippen molar-refractivity contribution in [1.29, 1.82) is 0 Å².